The lowest BCUT2D eigenvalue weighted by Crippen LogP contribution is -2.09. The molecule has 1 aliphatic rings. The summed E-state index contributed by atoms with van der Waals surface area (Å²) in [7, 11) is 3.92. The summed E-state index contributed by atoms with van der Waals surface area (Å²) in [5.74, 6) is 2.52. The number of hydrogen-bond donors (Lipinski definition) is 0. The number of ether oxygens (including phenoxy) is 2. The first kappa shape index (κ1) is 11.6. The van der Waals surface area contributed by atoms with Gasteiger partial charge in [0.05, 0.1) is 0 Å². The molecule has 0 saturated carbocycles. The molecule has 0 bridgehead atoms. The highest BCUT2D eigenvalue weighted by molar-refractivity contribution is 5.77. The lowest BCUT2D eigenvalue weighted by molar-refractivity contribution is 0.112. The second-order valence-corrected chi connectivity index (χ2v) is 4.55. The van der Waals surface area contributed by atoms with Crippen LogP contribution in [0, 0.1) is 0 Å². The minimum absolute atomic E-state index is 0.563. The molecule has 19 heavy (non-hydrogen) atoms. The van der Waals surface area contributed by atoms with Crippen molar-refractivity contribution in [3.8, 4) is 23.0 Å². The van der Waals surface area contributed by atoms with E-state index >= 15 is 0 Å². The second kappa shape index (κ2) is 4.31. The van der Waals surface area contributed by atoms with Crippen LogP contribution in [-0.4, -0.2) is 20.4 Å². The van der Waals surface area contributed by atoms with Crippen molar-refractivity contribution < 1.29 is 14.3 Å². The van der Waals surface area contributed by atoms with Gasteiger partial charge < -0.3 is 14.4 Å². The quantitative estimate of drug-likeness (QED) is 0.657. The largest absolute Gasteiger partial charge is 0.450 e. The number of carbonyl (C=O) groups is 1. The number of benzene rings is 2. The molecule has 0 fully saturated rings. The highest BCUT2D eigenvalue weighted by Gasteiger charge is 2.19. The monoisotopic (exact) mass is 255 g/mol. The van der Waals surface area contributed by atoms with E-state index in [0.29, 0.717) is 28.6 Å². The molecular weight excluding hydrogens is 242 g/mol. The van der Waals surface area contributed by atoms with Crippen molar-refractivity contribution in [3.63, 3.8) is 0 Å². The van der Waals surface area contributed by atoms with Gasteiger partial charge >= 0.3 is 0 Å². The van der Waals surface area contributed by atoms with E-state index in [0.717, 1.165) is 12.0 Å². The van der Waals surface area contributed by atoms with Crippen LogP contribution in [0.25, 0.3) is 0 Å². The van der Waals surface area contributed by atoms with Gasteiger partial charge in [-0.3, -0.25) is 4.79 Å². The van der Waals surface area contributed by atoms with E-state index < -0.39 is 0 Å². The third-order valence-electron chi connectivity index (χ3n) is 2.99. The van der Waals surface area contributed by atoms with Crippen molar-refractivity contribution in [3.05, 3.63) is 42.0 Å². The maximum absolute atomic E-state index is 10.8. The fraction of sp³-hybridized carbons (Fsp3) is 0.133. The molecule has 96 valence electrons. The van der Waals surface area contributed by atoms with E-state index in [2.05, 4.69) is 0 Å². The molecule has 0 aliphatic carbocycles. The first-order valence-corrected chi connectivity index (χ1v) is 5.93. The van der Waals surface area contributed by atoms with Crippen molar-refractivity contribution in [2.45, 2.75) is 0 Å². The maximum atomic E-state index is 10.8. The molecule has 1 aliphatic heterocycles. The lowest BCUT2D eigenvalue weighted by Gasteiger charge is -2.22. The number of anilines is 1. The van der Waals surface area contributed by atoms with E-state index in [1.807, 2.05) is 37.2 Å². The molecule has 4 nitrogen and oxygen atoms in total. The van der Waals surface area contributed by atoms with Crippen LogP contribution < -0.4 is 14.4 Å². The minimum Gasteiger partial charge on any atom is -0.450 e. The molecule has 0 N–H and O–H groups in total. The van der Waals surface area contributed by atoms with Crippen LogP contribution in [0.2, 0.25) is 0 Å². The molecule has 3 rings (SSSR count). The summed E-state index contributed by atoms with van der Waals surface area (Å²) in [5.41, 5.74) is 1.59. The Labute approximate surface area is 111 Å². The number of rotatable bonds is 2. The van der Waals surface area contributed by atoms with Gasteiger partial charge in [0.15, 0.2) is 23.0 Å². The maximum Gasteiger partial charge on any atom is 0.172 e. The zero-order valence-electron chi connectivity index (χ0n) is 10.7. The van der Waals surface area contributed by atoms with Crippen LogP contribution >= 0.6 is 0 Å². The Balaban J connectivity index is 2.02. The van der Waals surface area contributed by atoms with E-state index in [1.54, 1.807) is 18.2 Å². The summed E-state index contributed by atoms with van der Waals surface area (Å²) in [4.78, 5) is 12.8. The van der Waals surface area contributed by atoms with Crippen LogP contribution in [0.1, 0.15) is 10.4 Å². The Morgan fingerprint density at radius 1 is 0.895 bits per heavy atom. The summed E-state index contributed by atoms with van der Waals surface area (Å²) < 4.78 is 11.6. The molecule has 0 amide bonds. The van der Waals surface area contributed by atoms with Gasteiger partial charge in [0, 0.05) is 31.4 Å². The Hall–Kier alpha value is -2.49. The summed E-state index contributed by atoms with van der Waals surface area (Å²) in [6.07, 6.45) is 0.787. The SMILES string of the molecule is CN(C)c1ccc2c(c1)Oc1cc(C=O)ccc1O2. The summed E-state index contributed by atoms with van der Waals surface area (Å²) in [5, 5.41) is 0. The van der Waals surface area contributed by atoms with Gasteiger partial charge in [0.25, 0.3) is 0 Å². The number of carbonyl (C=O) groups excluding carboxylic acids is 1. The van der Waals surface area contributed by atoms with Crippen molar-refractivity contribution in [2.24, 2.45) is 0 Å². The Kier molecular flexibility index (Phi) is 2.63. The minimum atomic E-state index is 0.563. The third kappa shape index (κ3) is 2.01. The predicted molar refractivity (Wildman–Crippen MR) is 72.7 cm³/mol. The van der Waals surface area contributed by atoms with Crippen LogP contribution in [0.15, 0.2) is 36.4 Å². The highest BCUT2D eigenvalue weighted by Crippen LogP contribution is 2.46. The van der Waals surface area contributed by atoms with E-state index in [9.17, 15) is 4.79 Å². The number of hydrogen-bond acceptors (Lipinski definition) is 4. The average molecular weight is 255 g/mol. The fourth-order valence-electron chi connectivity index (χ4n) is 1.94. The Morgan fingerprint density at radius 3 is 2.21 bits per heavy atom. The number of nitrogens with zero attached hydrogens (tertiary/aromatic N) is 1. The molecule has 1 heterocycles. The zero-order chi connectivity index (χ0) is 13.4. The van der Waals surface area contributed by atoms with Crippen LogP contribution in [0.5, 0.6) is 23.0 Å². The van der Waals surface area contributed by atoms with Crippen molar-refractivity contribution in [2.75, 3.05) is 19.0 Å². The van der Waals surface area contributed by atoms with Crippen LogP contribution in [0.4, 0.5) is 5.69 Å². The zero-order valence-corrected chi connectivity index (χ0v) is 10.7. The molecule has 0 unspecified atom stereocenters. The topological polar surface area (TPSA) is 38.8 Å². The summed E-state index contributed by atoms with van der Waals surface area (Å²) in [6.45, 7) is 0. The molecule has 0 atom stereocenters. The number of fused-ring (bicyclic) bond motifs is 2. The predicted octanol–water partition coefficient (Wildman–Crippen LogP) is 3.46. The van der Waals surface area contributed by atoms with E-state index in [1.165, 1.54) is 0 Å². The molecule has 2 aromatic carbocycles. The van der Waals surface area contributed by atoms with Gasteiger partial charge in [-0.25, -0.2) is 0 Å². The number of aldehydes is 1. The molecule has 0 saturated heterocycles. The van der Waals surface area contributed by atoms with Crippen molar-refractivity contribution >= 4 is 12.0 Å². The highest BCUT2D eigenvalue weighted by atomic mass is 16.6. The second-order valence-electron chi connectivity index (χ2n) is 4.55. The fourth-order valence-corrected chi connectivity index (χ4v) is 1.94. The normalized spacial score (nSPS) is 11.7. The molecule has 0 radical (unpaired) electrons. The molecule has 0 spiro atoms. The smallest absolute Gasteiger partial charge is 0.172 e. The van der Waals surface area contributed by atoms with E-state index in [-0.39, 0.29) is 0 Å². The van der Waals surface area contributed by atoms with Gasteiger partial charge in [-0.05, 0) is 30.3 Å². The lowest BCUT2D eigenvalue weighted by atomic mass is 10.2. The van der Waals surface area contributed by atoms with Gasteiger partial charge in [-0.2, -0.15) is 0 Å². The van der Waals surface area contributed by atoms with Gasteiger partial charge in [-0.1, -0.05) is 0 Å². The molecule has 4 heteroatoms. The third-order valence-corrected chi connectivity index (χ3v) is 2.99. The Morgan fingerprint density at radius 2 is 1.53 bits per heavy atom. The molecule has 2 aromatic rings. The first-order valence-electron chi connectivity index (χ1n) is 5.93. The van der Waals surface area contributed by atoms with Crippen molar-refractivity contribution in [1.29, 1.82) is 0 Å². The summed E-state index contributed by atoms with van der Waals surface area (Å²) in [6, 6.07) is 10.9. The van der Waals surface area contributed by atoms with Gasteiger partial charge in [0.2, 0.25) is 0 Å². The van der Waals surface area contributed by atoms with Gasteiger partial charge in [0.1, 0.15) is 6.29 Å². The standard InChI is InChI=1S/C15H13NO3/c1-16(2)11-4-6-13-15(8-11)19-14-7-10(9-17)3-5-12(14)18-13/h3-9H,1-2H3. The first-order chi connectivity index (χ1) is 9.17. The van der Waals surface area contributed by atoms with E-state index in [4.69, 9.17) is 9.47 Å². The molecular formula is C15H13NO3. The van der Waals surface area contributed by atoms with Crippen LogP contribution in [-0.2, 0) is 0 Å². The average Bonchev–Trinajstić information content (AvgIpc) is 2.43. The van der Waals surface area contributed by atoms with Crippen molar-refractivity contribution in [1.82, 2.24) is 0 Å². The Bertz CT molecular complexity index is 650. The molecule has 0 aromatic heterocycles. The van der Waals surface area contributed by atoms with Gasteiger partial charge in [-0.15, -0.1) is 0 Å². The summed E-state index contributed by atoms with van der Waals surface area (Å²) >= 11 is 0. The van der Waals surface area contributed by atoms with Crippen LogP contribution in [0.3, 0.4) is 0 Å².